The van der Waals surface area contributed by atoms with Gasteiger partial charge in [0.15, 0.2) is 5.78 Å². The lowest BCUT2D eigenvalue weighted by Gasteiger charge is -2.35. The number of allylic oxidation sites excluding steroid dienone is 1. The molecule has 1 aromatic rings. The Morgan fingerprint density at radius 1 is 1.24 bits per heavy atom. The predicted molar refractivity (Wildman–Crippen MR) is 78.3 cm³/mol. The molecule has 0 aliphatic carbocycles. The van der Waals surface area contributed by atoms with Crippen molar-refractivity contribution in [2.75, 3.05) is 7.11 Å². The van der Waals surface area contributed by atoms with E-state index in [0.717, 1.165) is 48.6 Å². The third-order valence-corrected chi connectivity index (χ3v) is 3.86. The van der Waals surface area contributed by atoms with E-state index in [2.05, 4.69) is 4.74 Å². The van der Waals surface area contributed by atoms with E-state index < -0.39 is 48.0 Å². The molecule has 1 amide bonds. The summed E-state index contributed by atoms with van der Waals surface area (Å²) in [5.41, 5.74) is -0.734. The Balaban J connectivity index is 2.45. The second-order valence-corrected chi connectivity index (χ2v) is 5.36. The van der Waals surface area contributed by atoms with Crippen molar-refractivity contribution in [2.24, 2.45) is 5.92 Å². The molecule has 0 unspecified atom stereocenters. The highest BCUT2D eigenvalue weighted by atomic mass is 19.4. The van der Waals surface area contributed by atoms with Gasteiger partial charge in [-0.25, -0.2) is 4.79 Å². The number of benzene rings is 1. The lowest BCUT2D eigenvalue weighted by Crippen LogP contribution is -2.41. The maximum absolute atomic E-state index is 12.7. The van der Waals surface area contributed by atoms with E-state index in [1.54, 1.807) is 0 Å². The normalized spacial score (nSPS) is 20.5. The number of halogens is 3. The van der Waals surface area contributed by atoms with E-state index in [0.29, 0.717) is 0 Å². The minimum atomic E-state index is -4.54. The van der Waals surface area contributed by atoms with Crippen LogP contribution in [0.15, 0.2) is 36.5 Å². The van der Waals surface area contributed by atoms with Gasteiger partial charge in [-0.1, -0.05) is 12.1 Å². The zero-order valence-corrected chi connectivity index (χ0v) is 13.0. The summed E-state index contributed by atoms with van der Waals surface area (Å²) in [6.07, 6.45) is -4.29. The first-order chi connectivity index (χ1) is 11.6. The highest BCUT2D eigenvalue weighted by molar-refractivity contribution is 5.96. The van der Waals surface area contributed by atoms with Crippen LogP contribution in [-0.2, 0) is 20.5 Å². The van der Waals surface area contributed by atoms with Crippen molar-refractivity contribution >= 4 is 17.8 Å². The fourth-order valence-electron chi connectivity index (χ4n) is 2.64. The Kier molecular flexibility index (Phi) is 5.15. The number of carbonyl (C=O) groups excluding carboxylic acids is 2. The van der Waals surface area contributed by atoms with E-state index in [9.17, 15) is 32.7 Å². The van der Waals surface area contributed by atoms with E-state index in [1.807, 2.05) is 0 Å². The molecule has 0 bridgehead atoms. The molecule has 0 saturated carbocycles. The Hall–Kier alpha value is -2.84. The molecule has 0 saturated heterocycles. The largest absolute Gasteiger partial charge is 0.469 e. The van der Waals surface area contributed by atoms with Crippen LogP contribution in [0.25, 0.3) is 0 Å². The van der Waals surface area contributed by atoms with Gasteiger partial charge < -0.3 is 9.84 Å². The first-order valence-electron chi connectivity index (χ1n) is 7.12. The van der Waals surface area contributed by atoms with Gasteiger partial charge in [0.25, 0.3) is 0 Å². The summed E-state index contributed by atoms with van der Waals surface area (Å²) in [4.78, 5) is 35.9. The number of carbonyl (C=O) groups is 3. The summed E-state index contributed by atoms with van der Waals surface area (Å²) in [5.74, 6) is -2.33. The van der Waals surface area contributed by atoms with Crippen LogP contribution in [0.5, 0.6) is 0 Å². The Morgan fingerprint density at radius 2 is 1.84 bits per heavy atom. The molecule has 0 aromatic heterocycles. The number of hydrogen-bond acceptors (Lipinski definition) is 4. The number of nitrogens with zero attached hydrogens (tertiary/aromatic N) is 1. The molecule has 1 aromatic carbocycles. The lowest BCUT2D eigenvalue weighted by molar-refractivity contribution is -0.144. The number of rotatable bonds is 3. The number of ketones is 1. The summed E-state index contributed by atoms with van der Waals surface area (Å²) >= 11 is 0. The maximum atomic E-state index is 12.7. The van der Waals surface area contributed by atoms with Crippen molar-refractivity contribution in [3.05, 3.63) is 47.7 Å². The summed E-state index contributed by atoms with van der Waals surface area (Å²) in [6.45, 7) is 0. The third kappa shape index (κ3) is 3.98. The zero-order chi connectivity index (χ0) is 18.8. The smallest absolute Gasteiger partial charge is 0.416 e. The highest BCUT2D eigenvalue weighted by Crippen LogP contribution is 2.37. The van der Waals surface area contributed by atoms with Crippen LogP contribution in [0.2, 0.25) is 0 Å². The third-order valence-electron chi connectivity index (χ3n) is 3.86. The Bertz CT molecular complexity index is 711. The number of esters is 1. The van der Waals surface area contributed by atoms with E-state index in [-0.39, 0.29) is 5.56 Å². The van der Waals surface area contributed by atoms with Crippen LogP contribution < -0.4 is 0 Å². The van der Waals surface area contributed by atoms with Crippen molar-refractivity contribution < 1.29 is 37.4 Å². The van der Waals surface area contributed by atoms with Crippen LogP contribution in [0.1, 0.15) is 23.6 Å². The first kappa shape index (κ1) is 18.5. The average molecular weight is 357 g/mol. The fraction of sp³-hybridized carbons (Fsp3) is 0.312. The molecular weight excluding hydrogens is 343 g/mol. The van der Waals surface area contributed by atoms with Crippen molar-refractivity contribution in [3.8, 4) is 0 Å². The molecule has 134 valence electrons. The van der Waals surface area contributed by atoms with Gasteiger partial charge in [-0.3, -0.25) is 14.5 Å². The number of methoxy groups -OCH3 is 1. The molecule has 9 heteroatoms. The van der Waals surface area contributed by atoms with E-state index in [4.69, 9.17) is 0 Å². The minimum Gasteiger partial charge on any atom is -0.469 e. The number of amides is 1. The molecule has 2 rings (SSSR count). The molecule has 1 aliphatic rings. The van der Waals surface area contributed by atoms with Crippen LogP contribution in [0.4, 0.5) is 18.0 Å². The van der Waals surface area contributed by atoms with Crippen LogP contribution in [-0.4, -0.2) is 35.0 Å². The van der Waals surface area contributed by atoms with E-state index >= 15 is 0 Å². The maximum Gasteiger partial charge on any atom is 0.416 e. The topological polar surface area (TPSA) is 83.9 Å². The number of ether oxygens (including phenoxy) is 1. The summed E-state index contributed by atoms with van der Waals surface area (Å²) in [5, 5.41) is 9.32. The van der Waals surface area contributed by atoms with Gasteiger partial charge in [0.05, 0.1) is 31.1 Å². The number of carboxylic acid groups (broad SMARTS) is 1. The lowest BCUT2D eigenvalue weighted by atomic mass is 9.83. The van der Waals surface area contributed by atoms with Crippen molar-refractivity contribution in [1.82, 2.24) is 4.90 Å². The van der Waals surface area contributed by atoms with Gasteiger partial charge in [-0.2, -0.15) is 13.2 Å². The van der Waals surface area contributed by atoms with Gasteiger partial charge in [-0.15, -0.1) is 0 Å². The highest BCUT2D eigenvalue weighted by Gasteiger charge is 2.40. The van der Waals surface area contributed by atoms with Crippen molar-refractivity contribution in [3.63, 3.8) is 0 Å². The van der Waals surface area contributed by atoms with Crippen LogP contribution >= 0.6 is 0 Å². The molecule has 6 nitrogen and oxygen atoms in total. The van der Waals surface area contributed by atoms with Gasteiger partial charge in [0.2, 0.25) is 0 Å². The SMILES string of the molecule is COC(=O)C[C@@H]1C(=O)C=CN(C(=O)O)[C@H]1c1ccc(C(F)(F)F)cc1. The van der Waals surface area contributed by atoms with Crippen molar-refractivity contribution in [1.29, 1.82) is 0 Å². The Labute approximate surface area is 140 Å². The number of hydrogen-bond donors (Lipinski definition) is 1. The first-order valence-corrected chi connectivity index (χ1v) is 7.12. The quantitative estimate of drug-likeness (QED) is 0.841. The van der Waals surface area contributed by atoms with E-state index in [1.165, 1.54) is 0 Å². The molecular formula is C16H14F3NO5. The van der Waals surface area contributed by atoms with Gasteiger partial charge in [-0.05, 0) is 23.8 Å². The van der Waals surface area contributed by atoms with Crippen LogP contribution in [0, 0.1) is 5.92 Å². The molecule has 0 spiro atoms. The molecule has 0 radical (unpaired) electrons. The van der Waals surface area contributed by atoms with Gasteiger partial charge in [0, 0.05) is 6.20 Å². The van der Waals surface area contributed by atoms with Gasteiger partial charge in [0.1, 0.15) is 0 Å². The number of alkyl halides is 3. The molecule has 1 heterocycles. The monoisotopic (exact) mass is 357 g/mol. The van der Waals surface area contributed by atoms with Crippen LogP contribution in [0.3, 0.4) is 0 Å². The summed E-state index contributed by atoms with van der Waals surface area (Å²) < 4.78 is 42.6. The molecule has 1 N–H and O–H groups in total. The predicted octanol–water partition coefficient (Wildman–Crippen LogP) is 3.00. The molecule has 25 heavy (non-hydrogen) atoms. The summed E-state index contributed by atoms with van der Waals surface area (Å²) in [6, 6.07) is 2.66. The fourth-order valence-corrected chi connectivity index (χ4v) is 2.64. The molecule has 1 aliphatic heterocycles. The average Bonchev–Trinajstić information content (AvgIpc) is 2.55. The second-order valence-electron chi connectivity index (χ2n) is 5.36. The summed E-state index contributed by atoms with van der Waals surface area (Å²) in [7, 11) is 1.12. The minimum absolute atomic E-state index is 0.169. The molecule has 2 atom stereocenters. The van der Waals surface area contributed by atoms with Crippen molar-refractivity contribution in [2.45, 2.75) is 18.6 Å². The zero-order valence-electron chi connectivity index (χ0n) is 13.0. The second kappa shape index (κ2) is 6.96. The standard InChI is InChI=1S/C16H14F3NO5/c1-25-13(22)8-11-12(21)6-7-20(15(23)24)14(11)9-2-4-10(5-3-9)16(17,18)19/h2-7,11,14H,8H2,1H3,(H,23,24)/t11-,14+/m1/s1. The molecule has 0 fully saturated rings. The van der Waals surface area contributed by atoms with Gasteiger partial charge >= 0.3 is 18.2 Å². The Morgan fingerprint density at radius 3 is 2.32 bits per heavy atom.